The van der Waals surface area contributed by atoms with Crippen molar-refractivity contribution in [1.29, 1.82) is 0 Å². The Labute approximate surface area is 148 Å². The number of carbonyl (C=O) groups excluding carboxylic acids is 1. The zero-order valence-electron chi connectivity index (χ0n) is 16.9. The summed E-state index contributed by atoms with van der Waals surface area (Å²) in [5.74, 6) is 1.42. The number of carbonyl (C=O) groups is 1. The fraction of sp³-hybridized carbons (Fsp3) is 0.600. The summed E-state index contributed by atoms with van der Waals surface area (Å²) in [5.41, 5.74) is 3.47. The van der Waals surface area contributed by atoms with Gasteiger partial charge in [-0.1, -0.05) is 40.7 Å². The van der Waals surface area contributed by atoms with Crippen LogP contribution in [0.2, 0.25) is 0 Å². The van der Waals surface area contributed by atoms with Crippen LogP contribution in [0.4, 0.5) is 5.69 Å². The number of fused-ring (bicyclic) bond motifs is 1. The van der Waals surface area contributed by atoms with E-state index in [1.807, 2.05) is 53.6 Å². The molecular weight excluding hydrogens is 298 g/mol. The molecule has 0 bridgehead atoms. The van der Waals surface area contributed by atoms with Gasteiger partial charge in [-0.25, -0.2) is 4.99 Å². The summed E-state index contributed by atoms with van der Waals surface area (Å²) >= 11 is 0. The molecule has 2 unspecified atom stereocenters. The van der Waals surface area contributed by atoms with Crippen molar-refractivity contribution in [2.45, 2.75) is 60.9 Å². The van der Waals surface area contributed by atoms with Crippen molar-refractivity contribution in [3.05, 3.63) is 29.3 Å². The molecular formula is C20H35N3O. The first kappa shape index (κ1) is 22.2. The van der Waals surface area contributed by atoms with E-state index in [4.69, 9.17) is 0 Å². The van der Waals surface area contributed by atoms with Gasteiger partial charge in [-0.3, -0.25) is 4.79 Å². The molecule has 136 valence electrons. The van der Waals surface area contributed by atoms with Crippen molar-refractivity contribution in [3.8, 4) is 0 Å². The van der Waals surface area contributed by atoms with Crippen LogP contribution in [0.3, 0.4) is 0 Å². The second kappa shape index (κ2) is 10.8. The van der Waals surface area contributed by atoms with Crippen LogP contribution in [0.1, 0.15) is 65.6 Å². The van der Waals surface area contributed by atoms with Crippen LogP contribution in [0.25, 0.3) is 0 Å². The number of nitrogens with zero attached hydrogens (tertiary/aromatic N) is 2. The molecule has 0 saturated heterocycles. The molecule has 0 spiro atoms. The van der Waals surface area contributed by atoms with Crippen LogP contribution in [-0.2, 0) is 11.2 Å². The minimum Gasteiger partial charge on any atom is -0.366 e. The molecule has 0 aliphatic heterocycles. The zero-order valence-corrected chi connectivity index (χ0v) is 16.9. The van der Waals surface area contributed by atoms with Gasteiger partial charge >= 0.3 is 0 Å². The number of amides is 1. The monoisotopic (exact) mass is 333 g/mol. The van der Waals surface area contributed by atoms with E-state index in [2.05, 4.69) is 35.4 Å². The van der Waals surface area contributed by atoms with Gasteiger partial charge in [0.05, 0.1) is 11.7 Å². The third-order valence-electron chi connectivity index (χ3n) is 3.87. The first-order valence-corrected chi connectivity index (χ1v) is 9.01. The quantitative estimate of drug-likeness (QED) is 0.628. The lowest BCUT2D eigenvalue weighted by Gasteiger charge is -2.18. The van der Waals surface area contributed by atoms with Gasteiger partial charge in [0.25, 0.3) is 0 Å². The van der Waals surface area contributed by atoms with Crippen molar-refractivity contribution in [2.75, 3.05) is 14.1 Å². The number of nitrogens with one attached hydrogen (secondary N) is 1. The van der Waals surface area contributed by atoms with Gasteiger partial charge in [0.2, 0.25) is 5.91 Å². The normalized spacial score (nSPS) is 18.5. The molecule has 1 aliphatic carbocycles. The number of hydrogen-bond acceptors (Lipinski definition) is 2. The van der Waals surface area contributed by atoms with Crippen LogP contribution < -0.4 is 5.32 Å². The van der Waals surface area contributed by atoms with E-state index < -0.39 is 0 Å². The Bertz CT molecular complexity index is 550. The van der Waals surface area contributed by atoms with Gasteiger partial charge in [-0.05, 0) is 42.5 Å². The number of aliphatic imine (C=N–C) groups is 1. The highest BCUT2D eigenvalue weighted by Crippen LogP contribution is 2.37. The Morgan fingerprint density at radius 1 is 1.17 bits per heavy atom. The third-order valence-corrected chi connectivity index (χ3v) is 3.87. The highest BCUT2D eigenvalue weighted by molar-refractivity contribution is 5.82. The molecule has 1 amide bonds. The maximum Gasteiger partial charge on any atom is 0.217 e. The van der Waals surface area contributed by atoms with E-state index in [9.17, 15) is 4.79 Å². The lowest BCUT2D eigenvalue weighted by atomic mass is 10.0. The van der Waals surface area contributed by atoms with Crippen molar-refractivity contribution >= 4 is 17.4 Å². The van der Waals surface area contributed by atoms with Gasteiger partial charge < -0.3 is 10.2 Å². The largest absolute Gasteiger partial charge is 0.366 e. The molecule has 0 fully saturated rings. The van der Waals surface area contributed by atoms with Gasteiger partial charge in [0.1, 0.15) is 5.84 Å². The molecule has 4 heteroatoms. The van der Waals surface area contributed by atoms with Crippen molar-refractivity contribution in [3.63, 3.8) is 0 Å². The van der Waals surface area contributed by atoms with Crippen molar-refractivity contribution in [2.24, 2.45) is 10.9 Å². The van der Waals surface area contributed by atoms with Crippen LogP contribution in [0, 0.1) is 5.92 Å². The number of benzene rings is 1. The van der Waals surface area contributed by atoms with Crippen molar-refractivity contribution in [1.82, 2.24) is 10.2 Å². The highest BCUT2D eigenvalue weighted by atomic mass is 16.1. The summed E-state index contributed by atoms with van der Waals surface area (Å²) < 4.78 is 0. The fourth-order valence-electron chi connectivity index (χ4n) is 2.62. The van der Waals surface area contributed by atoms with E-state index in [-0.39, 0.29) is 11.9 Å². The molecule has 0 heterocycles. The van der Waals surface area contributed by atoms with E-state index in [0.29, 0.717) is 5.92 Å². The Kier molecular flexibility index (Phi) is 10.0. The topological polar surface area (TPSA) is 44.7 Å². The Morgan fingerprint density at radius 2 is 1.75 bits per heavy atom. The number of amidine groups is 1. The molecule has 0 radical (unpaired) electrons. The van der Waals surface area contributed by atoms with Crippen LogP contribution in [-0.4, -0.2) is 30.7 Å². The number of rotatable bonds is 2. The highest BCUT2D eigenvalue weighted by Gasteiger charge is 2.30. The van der Waals surface area contributed by atoms with Gasteiger partial charge in [0, 0.05) is 21.0 Å². The molecule has 1 aliphatic rings. The third kappa shape index (κ3) is 5.99. The van der Waals surface area contributed by atoms with Crippen LogP contribution >= 0.6 is 0 Å². The first-order chi connectivity index (χ1) is 11.4. The average molecular weight is 334 g/mol. The molecule has 1 aromatic rings. The first-order valence-electron chi connectivity index (χ1n) is 9.01. The van der Waals surface area contributed by atoms with Crippen LogP contribution in [0.15, 0.2) is 23.2 Å². The summed E-state index contributed by atoms with van der Waals surface area (Å²) in [4.78, 5) is 18.0. The molecule has 4 nitrogen and oxygen atoms in total. The lowest BCUT2D eigenvalue weighted by Crippen LogP contribution is -2.28. The minimum absolute atomic E-state index is 0.0214. The Balaban J connectivity index is 0.00000123. The molecule has 24 heavy (non-hydrogen) atoms. The SMILES string of the molecule is CC.CC.CC(=O)NC1c2cc(N=C(C)N(C)C)ccc2CC1C. The maximum absolute atomic E-state index is 11.4. The maximum atomic E-state index is 11.4. The second-order valence-corrected chi connectivity index (χ2v) is 5.80. The number of hydrogen-bond donors (Lipinski definition) is 1. The predicted molar refractivity (Wildman–Crippen MR) is 105 cm³/mol. The average Bonchev–Trinajstić information content (AvgIpc) is 2.86. The van der Waals surface area contributed by atoms with E-state index in [1.165, 1.54) is 11.1 Å². The molecule has 0 saturated carbocycles. The molecule has 0 aromatic heterocycles. The van der Waals surface area contributed by atoms with E-state index in [0.717, 1.165) is 17.9 Å². The summed E-state index contributed by atoms with van der Waals surface area (Å²) in [6.45, 7) is 13.7. The standard InChI is InChI=1S/C16H23N3O.2C2H6/c1-10-8-13-6-7-14(17-11(2)19(4)5)9-15(13)16(10)18-12(3)20;2*1-2/h6-7,9-10,16H,8H2,1-5H3,(H,18,20);2*1-2H3. The fourth-order valence-corrected chi connectivity index (χ4v) is 2.62. The zero-order chi connectivity index (χ0) is 18.9. The van der Waals surface area contributed by atoms with Gasteiger partial charge in [-0.15, -0.1) is 0 Å². The summed E-state index contributed by atoms with van der Waals surface area (Å²) in [6, 6.07) is 6.40. The molecule has 2 atom stereocenters. The van der Waals surface area contributed by atoms with Gasteiger partial charge in [-0.2, -0.15) is 0 Å². The van der Waals surface area contributed by atoms with E-state index >= 15 is 0 Å². The Morgan fingerprint density at radius 3 is 2.25 bits per heavy atom. The predicted octanol–water partition coefficient (Wildman–Crippen LogP) is 4.72. The smallest absolute Gasteiger partial charge is 0.217 e. The summed E-state index contributed by atoms with van der Waals surface area (Å²) in [5, 5.41) is 3.05. The lowest BCUT2D eigenvalue weighted by molar-refractivity contribution is -0.120. The molecule has 2 rings (SSSR count). The summed E-state index contributed by atoms with van der Waals surface area (Å²) in [7, 11) is 3.96. The van der Waals surface area contributed by atoms with E-state index in [1.54, 1.807) is 6.92 Å². The molecule has 1 N–H and O–H groups in total. The second-order valence-electron chi connectivity index (χ2n) is 5.80. The van der Waals surface area contributed by atoms with Crippen LogP contribution in [0.5, 0.6) is 0 Å². The minimum atomic E-state index is 0.0214. The van der Waals surface area contributed by atoms with Gasteiger partial charge in [0.15, 0.2) is 0 Å². The summed E-state index contributed by atoms with van der Waals surface area (Å²) in [6.07, 6.45) is 1.01. The molecule has 1 aromatic carbocycles. The van der Waals surface area contributed by atoms with Crippen molar-refractivity contribution < 1.29 is 4.79 Å². The Hall–Kier alpha value is -1.84.